The number of carbonyl (C=O) groups is 1. The van der Waals surface area contributed by atoms with E-state index in [1.807, 2.05) is 24.3 Å². The summed E-state index contributed by atoms with van der Waals surface area (Å²) < 4.78 is 10.8. The van der Waals surface area contributed by atoms with Gasteiger partial charge in [-0.05, 0) is 60.3 Å². The van der Waals surface area contributed by atoms with Crippen molar-refractivity contribution in [1.82, 2.24) is 10.2 Å². The lowest BCUT2D eigenvalue weighted by atomic mass is 9.99. The second-order valence-electron chi connectivity index (χ2n) is 8.63. The number of morpholine rings is 1. The van der Waals surface area contributed by atoms with Crippen LogP contribution in [0.4, 0.5) is 0 Å². The molecule has 1 saturated heterocycles. The number of carbonyl (C=O) groups excluding carboxylic acids is 1. The van der Waals surface area contributed by atoms with Gasteiger partial charge in [0.25, 0.3) is 0 Å². The molecule has 6 heteroatoms. The van der Waals surface area contributed by atoms with E-state index in [0.717, 1.165) is 52.2 Å². The molecule has 1 fully saturated rings. The Labute approximate surface area is 208 Å². The van der Waals surface area contributed by atoms with Crippen LogP contribution in [0.25, 0.3) is 10.8 Å². The average molecular weight is 483 g/mol. The van der Waals surface area contributed by atoms with Crippen molar-refractivity contribution in [2.75, 3.05) is 46.0 Å². The molecule has 0 radical (unpaired) electrons. The van der Waals surface area contributed by atoms with E-state index in [1.54, 1.807) is 0 Å². The van der Waals surface area contributed by atoms with Crippen LogP contribution >= 0.6 is 12.4 Å². The van der Waals surface area contributed by atoms with Gasteiger partial charge in [-0.25, -0.2) is 4.79 Å². The number of halogens is 1. The first-order valence-corrected chi connectivity index (χ1v) is 12.0. The second kappa shape index (κ2) is 13.4. The Morgan fingerprint density at radius 1 is 1.03 bits per heavy atom. The van der Waals surface area contributed by atoms with Crippen LogP contribution < -0.4 is 5.32 Å². The van der Waals surface area contributed by atoms with Crippen molar-refractivity contribution in [2.45, 2.75) is 25.8 Å². The first-order chi connectivity index (χ1) is 16.2. The predicted molar refractivity (Wildman–Crippen MR) is 140 cm³/mol. The quantitative estimate of drug-likeness (QED) is 0.324. The molecule has 34 heavy (non-hydrogen) atoms. The van der Waals surface area contributed by atoms with Gasteiger partial charge in [-0.15, -0.1) is 12.4 Å². The molecule has 3 aromatic carbocycles. The number of ether oxygens (including phenoxy) is 2. The third-order valence-electron chi connectivity index (χ3n) is 6.32. The summed E-state index contributed by atoms with van der Waals surface area (Å²) in [4.78, 5) is 14.5. The summed E-state index contributed by atoms with van der Waals surface area (Å²) in [5, 5.41) is 6.25. The summed E-state index contributed by atoms with van der Waals surface area (Å²) in [6.07, 6.45) is 2.01. The van der Waals surface area contributed by atoms with E-state index >= 15 is 0 Å². The second-order valence-corrected chi connectivity index (χ2v) is 8.63. The molecular weight excluding hydrogens is 448 g/mol. The maximum absolute atomic E-state index is 12.3. The third kappa shape index (κ3) is 7.28. The van der Waals surface area contributed by atoms with Crippen LogP contribution in [0.5, 0.6) is 0 Å². The SMILES string of the molecule is C[C@@H](NCCCc1ccc(C(=O)OCCN2CCOCC2)cc1)c1cccc2ccccc12.Cl. The number of aryl methyl sites for hydroxylation is 1. The number of esters is 1. The summed E-state index contributed by atoms with van der Waals surface area (Å²) in [7, 11) is 0. The van der Waals surface area contributed by atoms with Crippen LogP contribution in [0.1, 0.15) is 40.9 Å². The van der Waals surface area contributed by atoms with Crippen molar-refractivity contribution < 1.29 is 14.3 Å². The smallest absolute Gasteiger partial charge is 0.338 e. The Bertz CT molecular complexity index is 1030. The minimum absolute atomic E-state index is 0. The maximum Gasteiger partial charge on any atom is 0.338 e. The van der Waals surface area contributed by atoms with Gasteiger partial charge in [0.2, 0.25) is 0 Å². The van der Waals surface area contributed by atoms with E-state index < -0.39 is 0 Å². The largest absolute Gasteiger partial charge is 0.461 e. The standard InChI is InChI=1S/C28H34N2O3.ClH/c1-22(26-10-4-8-24-7-2-3-9-27(24)26)29-15-5-6-23-11-13-25(14-12-23)28(31)33-21-18-30-16-19-32-20-17-30;/h2-4,7-14,22,29H,5-6,15-21H2,1H3;1H/t22-;/m1./s1. The molecule has 3 aromatic rings. The summed E-state index contributed by atoms with van der Waals surface area (Å²) in [6, 6.07) is 23.1. The van der Waals surface area contributed by atoms with Gasteiger partial charge in [0, 0.05) is 25.7 Å². The zero-order valence-corrected chi connectivity index (χ0v) is 20.7. The number of rotatable bonds is 10. The van der Waals surface area contributed by atoms with Crippen molar-refractivity contribution >= 4 is 29.1 Å². The van der Waals surface area contributed by atoms with Crippen LogP contribution in [0, 0.1) is 0 Å². The van der Waals surface area contributed by atoms with Crippen LogP contribution in [0.15, 0.2) is 66.7 Å². The molecule has 4 rings (SSSR count). The van der Waals surface area contributed by atoms with Crippen molar-refractivity contribution in [1.29, 1.82) is 0 Å². The highest BCUT2D eigenvalue weighted by Gasteiger charge is 2.12. The van der Waals surface area contributed by atoms with Crippen LogP contribution in [0.3, 0.4) is 0 Å². The molecule has 5 nitrogen and oxygen atoms in total. The topological polar surface area (TPSA) is 50.8 Å². The molecule has 1 heterocycles. The van der Waals surface area contributed by atoms with Crippen LogP contribution in [-0.2, 0) is 15.9 Å². The van der Waals surface area contributed by atoms with E-state index in [4.69, 9.17) is 9.47 Å². The highest BCUT2D eigenvalue weighted by atomic mass is 35.5. The molecule has 0 aliphatic carbocycles. The van der Waals surface area contributed by atoms with Gasteiger partial charge < -0.3 is 14.8 Å². The molecular formula is C28H35ClN2O3. The molecule has 0 saturated carbocycles. The predicted octanol–water partition coefficient (Wildman–Crippen LogP) is 5.03. The first-order valence-electron chi connectivity index (χ1n) is 12.0. The lowest BCUT2D eigenvalue weighted by Gasteiger charge is -2.26. The summed E-state index contributed by atoms with van der Waals surface area (Å²) in [6.45, 7) is 7.67. The van der Waals surface area contributed by atoms with Gasteiger partial charge in [-0.1, -0.05) is 54.6 Å². The highest BCUT2D eigenvalue weighted by molar-refractivity contribution is 5.89. The molecule has 0 amide bonds. The van der Waals surface area contributed by atoms with Crippen LogP contribution in [-0.4, -0.2) is 56.9 Å². The Hall–Kier alpha value is -2.44. The van der Waals surface area contributed by atoms with E-state index in [1.165, 1.54) is 21.9 Å². The Balaban J connectivity index is 0.00000324. The average Bonchev–Trinajstić information content (AvgIpc) is 2.87. The van der Waals surface area contributed by atoms with Gasteiger partial charge in [-0.2, -0.15) is 0 Å². The zero-order valence-electron chi connectivity index (χ0n) is 19.9. The molecule has 1 atom stereocenters. The summed E-state index contributed by atoms with van der Waals surface area (Å²) in [5.74, 6) is -0.250. The van der Waals surface area contributed by atoms with E-state index in [-0.39, 0.29) is 18.4 Å². The van der Waals surface area contributed by atoms with Crippen LogP contribution in [0.2, 0.25) is 0 Å². The van der Waals surface area contributed by atoms with Crippen molar-refractivity contribution in [3.63, 3.8) is 0 Å². The van der Waals surface area contributed by atoms with E-state index in [9.17, 15) is 4.79 Å². The number of nitrogens with one attached hydrogen (secondary N) is 1. The lowest BCUT2D eigenvalue weighted by molar-refractivity contribution is 0.0195. The zero-order chi connectivity index (χ0) is 22.9. The minimum atomic E-state index is -0.250. The van der Waals surface area contributed by atoms with E-state index in [2.05, 4.69) is 59.6 Å². The fourth-order valence-electron chi connectivity index (χ4n) is 4.33. The van der Waals surface area contributed by atoms with Crippen molar-refractivity contribution in [3.8, 4) is 0 Å². The van der Waals surface area contributed by atoms with Crippen molar-refractivity contribution in [2.24, 2.45) is 0 Å². The number of hydrogen-bond acceptors (Lipinski definition) is 5. The molecule has 0 unspecified atom stereocenters. The monoisotopic (exact) mass is 482 g/mol. The number of fused-ring (bicyclic) bond motifs is 1. The highest BCUT2D eigenvalue weighted by Crippen LogP contribution is 2.24. The van der Waals surface area contributed by atoms with E-state index in [0.29, 0.717) is 18.2 Å². The molecule has 1 aliphatic heterocycles. The Morgan fingerprint density at radius 3 is 2.56 bits per heavy atom. The molecule has 182 valence electrons. The molecule has 0 bridgehead atoms. The fraction of sp³-hybridized carbons (Fsp3) is 0.393. The third-order valence-corrected chi connectivity index (χ3v) is 6.32. The normalized spacial score (nSPS) is 15.0. The van der Waals surface area contributed by atoms with Gasteiger partial charge in [0.05, 0.1) is 18.8 Å². The van der Waals surface area contributed by atoms with Gasteiger partial charge in [0.15, 0.2) is 0 Å². The molecule has 1 N–H and O–H groups in total. The van der Waals surface area contributed by atoms with Gasteiger partial charge in [0.1, 0.15) is 6.61 Å². The lowest BCUT2D eigenvalue weighted by Crippen LogP contribution is -2.38. The Kier molecular flexibility index (Phi) is 10.4. The van der Waals surface area contributed by atoms with Gasteiger partial charge >= 0.3 is 5.97 Å². The number of benzene rings is 3. The van der Waals surface area contributed by atoms with Gasteiger partial charge in [-0.3, -0.25) is 4.90 Å². The summed E-state index contributed by atoms with van der Waals surface area (Å²) in [5.41, 5.74) is 3.19. The molecule has 0 aromatic heterocycles. The minimum Gasteiger partial charge on any atom is -0.461 e. The Morgan fingerprint density at radius 2 is 1.76 bits per heavy atom. The van der Waals surface area contributed by atoms with Crippen molar-refractivity contribution in [3.05, 3.63) is 83.4 Å². The number of hydrogen-bond donors (Lipinski definition) is 1. The first kappa shape index (κ1) is 26.2. The molecule has 1 aliphatic rings. The molecule has 0 spiro atoms. The maximum atomic E-state index is 12.3. The summed E-state index contributed by atoms with van der Waals surface area (Å²) >= 11 is 0. The number of nitrogens with zero attached hydrogens (tertiary/aromatic N) is 1. The fourth-order valence-corrected chi connectivity index (χ4v) is 4.33.